The number of hydroxylamine groups is 3. The highest BCUT2D eigenvalue weighted by molar-refractivity contribution is 5.77. The summed E-state index contributed by atoms with van der Waals surface area (Å²) in [5.74, 6) is 0.951. The fraction of sp³-hybridized carbons (Fsp3) is 0.938. The van der Waals surface area contributed by atoms with Crippen LogP contribution in [0, 0.1) is 11.1 Å². The molecule has 4 rings (SSSR count). The lowest BCUT2D eigenvalue weighted by Crippen LogP contribution is -2.77. The Hall–Kier alpha value is -0.610. The van der Waals surface area contributed by atoms with Crippen LogP contribution < -0.4 is 0 Å². The van der Waals surface area contributed by atoms with Crippen molar-refractivity contribution >= 4 is 5.91 Å². The Morgan fingerprint density at radius 2 is 1.90 bits per heavy atom. The highest BCUT2D eigenvalue weighted by Crippen LogP contribution is 2.50. The first-order valence-electron chi connectivity index (χ1n) is 8.51. The molecule has 6 atom stereocenters. The van der Waals surface area contributed by atoms with E-state index in [4.69, 9.17) is 0 Å². The Bertz CT molecular complexity index is 427. The van der Waals surface area contributed by atoms with Gasteiger partial charge in [0.2, 0.25) is 5.91 Å². The van der Waals surface area contributed by atoms with Crippen LogP contribution in [0.5, 0.6) is 0 Å². The number of nitrogens with zero attached hydrogens (tertiary/aromatic N) is 2. The van der Waals surface area contributed by atoms with Crippen LogP contribution in [0.2, 0.25) is 0 Å². The summed E-state index contributed by atoms with van der Waals surface area (Å²) in [7, 11) is 0. The quantitative estimate of drug-likeness (QED) is 0.505. The van der Waals surface area contributed by atoms with E-state index in [1.54, 1.807) is 0 Å². The van der Waals surface area contributed by atoms with E-state index < -0.39 is 0 Å². The van der Waals surface area contributed by atoms with Gasteiger partial charge in [-0.3, -0.25) is 9.69 Å². The summed E-state index contributed by atoms with van der Waals surface area (Å²) < 4.78 is -0.0351. The summed E-state index contributed by atoms with van der Waals surface area (Å²) in [5, 5.41) is 13.7. The van der Waals surface area contributed by atoms with Gasteiger partial charge in [0.25, 0.3) is 0 Å². The summed E-state index contributed by atoms with van der Waals surface area (Å²) >= 11 is 0. The fourth-order valence-corrected chi connectivity index (χ4v) is 5.71. The lowest BCUT2D eigenvalue weighted by atomic mass is 9.75. The smallest absolute Gasteiger partial charge is 0.227 e. The number of hydrogen-bond donors (Lipinski definition) is 0. The molecule has 0 aromatic rings. The second-order valence-electron chi connectivity index (χ2n) is 7.64. The van der Waals surface area contributed by atoms with Gasteiger partial charge in [0.15, 0.2) is 6.17 Å². The zero-order valence-corrected chi connectivity index (χ0v) is 12.5. The van der Waals surface area contributed by atoms with Gasteiger partial charge in [-0.2, -0.15) is 0 Å². The molecule has 0 radical (unpaired) electrons. The van der Waals surface area contributed by atoms with Gasteiger partial charge in [-0.15, -0.1) is 0 Å². The maximum Gasteiger partial charge on any atom is 0.227 e. The number of fused-ring (bicyclic) bond motifs is 2. The Labute approximate surface area is 121 Å². The topological polar surface area (TPSA) is 43.4 Å². The summed E-state index contributed by atoms with van der Waals surface area (Å²) in [4.78, 5) is 14.4. The van der Waals surface area contributed by atoms with E-state index in [2.05, 4.69) is 11.8 Å². The van der Waals surface area contributed by atoms with E-state index in [-0.39, 0.29) is 28.8 Å². The third-order valence-electron chi connectivity index (χ3n) is 6.43. The molecule has 0 bridgehead atoms. The van der Waals surface area contributed by atoms with Gasteiger partial charge >= 0.3 is 0 Å². The zero-order valence-electron chi connectivity index (χ0n) is 12.5. The van der Waals surface area contributed by atoms with Crippen molar-refractivity contribution in [3.8, 4) is 0 Å². The highest BCUT2D eigenvalue weighted by Gasteiger charge is 2.57. The number of carbonyl (C=O) groups excluding carboxylic acids is 1. The van der Waals surface area contributed by atoms with Gasteiger partial charge in [-0.25, -0.2) is 0 Å². The predicted octanol–water partition coefficient (Wildman–Crippen LogP) is 2.76. The summed E-state index contributed by atoms with van der Waals surface area (Å²) in [6, 6.07) is 0.898. The van der Waals surface area contributed by atoms with Crippen LogP contribution in [0.25, 0.3) is 0 Å². The number of amides is 1. The molecule has 0 unspecified atom stereocenters. The molecule has 0 saturated carbocycles. The van der Waals surface area contributed by atoms with Crippen molar-refractivity contribution in [2.24, 2.45) is 5.92 Å². The van der Waals surface area contributed by atoms with E-state index in [0.29, 0.717) is 18.4 Å². The van der Waals surface area contributed by atoms with Crippen LogP contribution in [-0.4, -0.2) is 39.7 Å². The molecule has 4 nitrogen and oxygen atoms in total. The standard InChI is InChI=1S/C16H26N2O2/c1-11-8-13-5-3-6-15-17-12(4-2-7-16(17)19)10-14(9-11)18(13,15)20/h11-15H,2-10H2,1H3/t11-,12-,13-,14+,15+,18+/m0/s1. The maximum absolute atomic E-state index is 13.7. The number of piperidine rings is 3. The molecule has 0 N–H and O–H groups in total. The molecule has 0 aromatic heterocycles. The van der Waals surface area contributed by atoms with Crippen LogP contribution in [0.3, 0.4) is 0 Å². The average Bonchev–Trinajstić information content (AvgIpc) is 2.40. The molecule has 0 spiro atoms. The molecule has 20 heavy (non-hydrogen) atoms. The molecule has 4 heteroatoms. The second-order valence-corrected chi connectivity index (χ2v) is 7.64. The molecule has 112 valence electrons. The van der Waals surface area contributed by atoms with E-state index in [1.165, 1.54) is 0 Å². The van der Waals surface area contributed by atoms with Crippen molar-refractivity contribution in [3.63, 3.8) is 0 Å². The molecule has 4 saturated heterocycles. The highest BCUT2D eigenvalue weighted by atomic mass is 16.6. The van der Waals surface area contributed by atoms with Crippen LogP contribution in [0.15, 0.2) is 0 Å². The van der Waals surface area contributed by atoms with Gasteiger partial charge in [-0.1, -0.05) is 6.92 Å². The van der Waals surface area contributed by atoms with Crippen LogP contribution in [0.1, 0.15) is 64.7 Å². The molecule has 1 amide bonds. The Morgan fingerprint density at radius 3 is 2.75 bits per heavy atom. The Kier molecular flexibility index (Phi) is 2.90. The average molecular weight is 278 g/mol. The summed E-state index contributed by atoms with van der Waals surface area (Å²) in [5.41, 5.74) is 0. The number of rotatable bonds is 0. The molecule has 4 heterocycles. The third-order valence-corrected chi connectivity index (χ3v) is 6.43. The molecule has 0 aliphatic carbocycles. The van der Waals surface area contributed by atoms with Crippen molar-refractivity contribution in [2.45, 2.75) is 89.0 Å². The number of quaternary nitrogens is 1. The van der Waals surface area contributed by atoms with E-state index in [1.807, 2.05) is 0 Å². The molecular formula is C16H26N2O2. The van der Waals surface area contributed by atoms with Gasteiger partial charge in [0.05, 0.1) is 12.1 Å². The maximum atomic E-state index is 13.7. The van der Waals surface area contributed by atoms with Gasteiger partial charge in [0.1, 0.15) is 0 Å². The second kappa shape index (κ2) is 4.44. The predicted molar refractivity (Wildman–Crippen MR) is 76.3 cm³/mol. The third kappa shape index (κ3) is 1.64. The zero-order chi connectivity index (χ0) is 13.9. The molecule has 4 aliphatic heterocycles. The lowest BCUT2D eigenvalue weighted by molar-refractivity contribution is -0.979. The van der Waals surface area contributed by atoms with Crippen molar-refractivity contribution in [3.05, 3.63) is 5.21 Å². The van der Waals surface area contributed by atoms with Crippen molar-refractivity contribution < 1.29 is 9.44 Å². The largest absolute Gasteiger partial charge is 0.631 e. The Morgan fingerprint density at radius 1 is 1.10 bits per heavy atom. The first-order chi connectivity index (χ1) is 9.60. The number of carbonyl (C=O) groups is 1. The molecule has 0 aromatic carbocycles. The minimum atomic E-state index is -0.0437. The minimum absolute atomic E-state index is 0.0351. The van der Waals surface area contributed by atoms with Crippen molar-refractivity contribution in [2.75, 3.05) is 0 Å². The van der Waals surface area contributed by atoms with Gasteiger partial charge in [-0.05, 0) is 25.2 Å². The monoisotopic (exact) mass is 278 g/mol. The van der Waals surface area contributed by atoms with E-state index in [9.17, 15) is 10.0 Å². The lowest BCUT2D eigenvalue weighted by Gasteiger charge is -2.69. The van der Waals surface area contributed by atoms with E-state index >= 15 is 0 Å². The first-order valence-corrected chi connectivity index (χ1v) is 8.51. The molecular weight excluding hydrogens is 252 g/mol. The van der Waals surface area contributed by atoms with Gasteiger partial charge < -0.3 is 9.85 Å². The van der Waals surface area contributed by atoms with Crippen molar-refractivity contribution in [1.29, 1.82) is 0 Å². The van der Waals surface area contributed by atoms with Crippen LogP contribution in [0.4, 0.5) is 0 Å². The van der Waals surface area contributed by atoms with Crippen LogP contribution >= 0.6 is 0 Å². The first kappa shape index (κ1) is 13.1. The summed E-state index contributed by atoms with van der Waals surface area (Å²) in [6.07, 6.45) is 9.03. The summed E-state index contributed by atoms with van der Waals surface area (Å²) in [6.45, 7) is 2.31. The normalized spacial score (nSPS) is 51.4. The Balaban J connectivity index is 1.73. The SMILES string of the molecule is C[C@@H]1C[C@@H]2C[C@@H]3CCCC(=O)N3[C@H]3CCC[C@@H](C1)[N@@+]23[O-]. The molecule has 4 aliphatic rings. The van der Waals surface area contributed by atoms with Crippen LogP contribution in [-0.2, 0) is 4.79 Å². The fourth-order valence-electron chi connectivity index (χ4n) is 5.71. The number of hydrogen-bond acceptors (Lipinski definition) is 2. The van der Waals surface area contributed by atoms with Crippen molar-refractivity contribution in [1.82, 2.24) is 4.90 Å². The van der Waals surface area contributed by atoms with Gasteiger partial charge in [0, 0.05) is 44.6 Å². The molecule has 4 fully saturated rings. The van der Waals surface area contributed by atoms with E-state index in [0.717, 1.165) is 51.4 Å². The minimum Gasteiger partial charge on any atom is -0.631 e.